The minimum absolute atomic E-state index is 0.0337. The van der Waals surface area contributed by atoms with Gasteiger partial charge >= 0.3 is 0 Å². The van der Waals surface area contributed by atoms with Gasteiger partial charge in [0.1, 0.15) is 0 Å². The molecule has 1 aromatic rings. The number of carbonyl (C=O) groups excluding carboxylic acids is 2. The van der Waals surface area contributed by atoms with Crippen molar-refractivity contribution in [3.05, 3.63) is 42.5 Å². The Kier molecular flexibility index (Phi) is 6.33. The van der Waals surface area contributed by atoms with Crippen molar-refractivity contribution in [3.63, 3.8) is 0 Å². The zero-order valence-electron chi connectivity index (χ0n) is 14.2. The first kappa shape index (κ1) is 19.1. The molecule has 7 nitrogen and oxygen atoms in total. The van der Waals surface area contributed by atoms with Gasteiger partial charge in [-0.3, -0.25) is 14.6 Å². The Bertz CT molecular complexity index is 760. The Morgan fingerprint density at radius 3 is 2.60 bits per heavy atom. The Hall–Kier alpha value is -2.19. The van der Waals surface area contributed by atoms with Crippen LogP contribution in [0, 0.1) is 0 Å². The average molecular weight is 366 g/mol. The van der Waals surface area contributed by atoms with E-state index in [1.807, 2.05) is 0 Å². The number of rotatable bonds is 7. The van der Waals surface area contributed by atoms with Gasteiger partial charge in [0.05, 0.1) is 30.1 Å². The lowest BCUT2D eigenvalue weighted by Crippen LogP contribution is -2.45. The van der Waals surface area contributed by atoms with Crippen LogP contribution in [-0.4, -0.2) is 62.8 Å². The summed E-state index contributed by atoms with van der Waals surface area (Å²) in [5, 5.41) is 2.69. The van der Waals surface area contributed by atoms with Gasteiger partial charge in [-0.15, -0.1) is 6.58 Å². The molecule has 1 heterocycles. The molecule has 1 saturated heterocycles. The molecule has 0 N–H and O–H groups in total. The summed E-state index contributed by atoms with van der Waals surface area (Å²) in [6.07, 6.45) is 3.44. The van der Waals surface area contributed by atoms with Crippen molar-refractivity contribution < 1.29 is 22.7 Å². The second-order valence-corrected chi connectivity index (χ2v) is 7.66. The van der Waals surface area contributed by atoms with Gasteiger partial charge in [-0.2, -0.15) is 0 Å². The lowest BCUT2D eigenvalue weighted by Gasteiger charge is -2.28. The molecule has 0 bridgehead atoms. The Morgan fingerprint density at radius 2 is 1.92 bits per heavy atom. The van der Waals surface area contributed by atoms with Crippen LogP contribution in [-0.2, 0) is 19.4 Å². The van der Waals surface area contributed by atoms with Crippen molar-refractivity contribution in [3.8, 4) is 0 Å². The lowest BCUT2D eigenvalue weighted by molar-refractivity contribution is -0.141. The highest BCUT2D eigenvalue weighted by molar-refractivity contribution is 7.90. The van der Waals surface area contributed by atoms with Gasteiger partial charge in [0.2, 0.25) is 5.91 Å². The molecular formula is C17H22N2O5S. The summed E-state index contributed by atoms with van der Waals surface area (Å²) in [5.74, 6) is -0.717. The van der Waals surface area contributed by atoms with Crippen molar-refractivity contribution in [2.45, 2.75) is 17.7 Å². The van der Waals surface area contributed by atoms with E-state index >= 15 is 0 Å². The maximum Gasteiger partial charge on any atom is 0.273 e. The first-order valence-corrected chi connectivity index (χ1v) is 9.85. The smallest absolute Gasteiger partial charge is 0.273 e. The van der Waals surface area contributed by atoms with E-state index < -0.39 is 15.7 Å². The van der Waals surface area contributed by atoms with E-state index in [-0.39, 0.29) is 29.4 Å². The molecule has 2 amide bonds. The minimum Gasteiger partial charge on any atom is -0.377 e. The van der Waals surface area contributed by atoms with E-state index in [0.29, 0.717) is 26.1 Å². The van der Waals surface area contributed by atoms with Crippen LogP contribution in [0.15, 0.2) is 41.8 Å². The maximum atomic E-state index is 12.8. The van der Waals surface area contributed by atoms with Gasteiger partial charge in [0, 0.05) is 19.3 Å². The van der Waals surface area contributed by atoms with E-state index in [9.17, 15) is 18.0 Å². The number of amides is 2. The second-order valence-electron chi connectivity index (χ2n) is 5.68. The number of benzene rings is 1. The Morgan fingerprint density at radius 1 is 1.24 bits per heavy atom. The quantitative estimate of drug-likeness (QED) is 0.536. The molecule has 1 aromatic carbocycles. The van der Waals surface area contributed by atoms with Crippen molar-refractivity contribution in [2.24, 2.45) is 0 Å². The highest BCUT2D eigenvalue weighted by atomic mass is 32.2. The first-order chi connectivity index (χ1) is 11.9. The summed E-state index contributed by atoms with van der Waals surface area (Å²) in [6.45, 7) is 4.92. The Balaban J connectivity index is 2.16. The molecule has 1 aliphatic heterocycles. The maximum absolute atomic E-state index is 12.8. The standard InChI is InChI=1S/C17H22N2O5S/c1-3-12-24-13-9-16(20)18-10-6-11-19(18)17(21)14-7-4-5-8-15(14)25(2,22)23/h3-5,7-8H,1,6,9-13H2,2H3. The number of nitrogens with zero attached hydrogens (tertiary/aromatic N) is 2. The Labute approximate surface area is 147 Å². The molecule has 0 radical (unpaired) electrons. The molecule has 136 valence electrons. The molecule has 0 atom stereocenters. The van der Waals surface area contributed by atoms with E-state index in [1.54, 1.807) is 18.2 Å². The summed E-state index contributed by atoms with van der Waals surface area (Å²) < 4.78 is 29.0. The minimum atomic E-state index is -3.55. The zero-order chi connectivity index (χ0) is 18.4. The largest absolute Gasteiger partial charge is 0.377 e. The lowest BCUT2D eigenvalue weighted by atomic mass is 10.2. The summed E-state index contributed by atoms with van der Waals surface area (Å²) in [5.41, 5.74) is 0.0765. The van der Waals surface area contributed by atoms with Crippen LogP contribution in [0.2, 0.25) is 0 Å². The van der Waals surface area contributed by atoms with Crippen LogP contribution in [0.4, 0.5) is 0 Å². The average Bonchev–Trinajstić information content (AvgIpc) is 3.07. The number of hydrogen-bond acceptors (Lipinski definition) is 5. The van der Waals surface area contributed by atoms with Crippen LogP contribution >= 0.6 is 0 Å². The molecule has 8 heteroatoms. The van der Waals surface area contributed by atoms with E-state index in [2.05, 4.69) is 6.58 Å². The zero-order valence-corrected chi connectivity index (χ0v) is 15.0. The van der Waals surface area contributed by atoms with Crippen molar-refractivity contribution in [1.29, 1.82) is 0 Å². The number of hydrogen-bond donors (Lipinski definition) is 0. The highest BCUT2D eigenvalue weighted by Crippen LogP contribution is 2.21. The van der Waals surface area contributed by atoms with E-state index in [4.69, 9.17) is 4.74 Å². The predicted molar refractivity (Wildman–Crippen MR) is 92.6 cm³/mol. The normalized spacial score (nSPS) is 14.6. The van der Waals surface area contributed by atoms with Crippen LogP contribution in [0.3, 0.4) is 0 Å². The van der Waals surface area contributed by atoms with E-state index in [1.165, 1.54) is 22.2 Å². The molecule has 0 unspecified atom stereocenters. The third-order valence-corrected chi connectivity index (χ3v) is 4.92. The van der Waals surface area contributed by atoms with Crippen LogP contribution in [0.1, 0.15) is 23.2 Å². The fourth-order valence-corrected chi connectivity index (χ4v) is 3.52. The number of sulfone groups is 1. The first-order valence-electron chi connectivity index (χ1n) is 7.96. The van der Waals surface area contributed by atoms with Crippen LogP contribution < -0.4 is 0 Å². The van der Waals surface area contributed by atoms with Gasteiger partial charge in [-0.1, -0.05) is 18.2 Å². The number of ether oxygens (including phenoxy) is 1. The molecule has 0 saturated carbocycles. The fraction of sp³-hybridized carbons (Fsp3) is 0.412. The molecular weight excluding hydrogens is 344 g/mol. The number of carbonyl (C=O) groups is 2. The van der Waals surface area contributed by atoms with Crippen molar-refractivity contribution >= 4 is 21.7 Å². The monoisotopic (exact) mass is 366 g/mol. The molecule has 0 aliphatic carbocycles. The molecule has 1 fully saturated rings. The fourth-order valence-electron chi connectivity index (χ4n) is 2.64. The van der Waals surface area contributed by atoms with Crippen molar-refractivity contribution in [1.82, 2.24) is 10.0 Å². The van der Waals surface area contributed by atoms with Crippen molar-refractivity contribution in [2.75, 3.05) is 32.6 Å². The molecule has 2 rings (SSSR count). The van der Waals surface area contributed by atoms with Crippen LogP contribution in [0.25, 0.3) is 0 Å². The summed E-state index contributed by atoms with van der Waals surface area (Å²) in [7, 11) is -3.55. The number of hydrazine groups is 1. The second kappa shape index (κ2) is 8.26. The molecule has 0 aromatic heterocycles. The van der Waals surface area contributed by atoms with E-state index in [0.717, 1.165) is 6.26 Å². The molecule has 1 aliphatic rings. The van der Waals surface area contributed by atoms with Gasteiger partial charge in [-0.25, -0.2) is 13.4 Å². The van der Waals surface area contributed by atoms with Crippen LogP contribution in [0.5, 0.6) is 0 Å². The highest BCUT2D eigenvalue weighted by Gasteiger charge is 2.32. The predicted octanol–water partition coefficient (Wildman–Crippen LogP) is 1.27. The van der Waals surface area contributed by atoms with Gasteiger partial charge in [0.15, 0.2) is 9.84 Å². The van der Waals surface area contributed by atoms with Gasteiger partial charge in [0.25, 0.3) is 5.91 Å². The molecule has 25 heavy (non-hydrogen) atoms. The van der Waals surface area contributed by atoms with Gasteiger partial charge in [-0.05, 0) is 18.6 Å². The summed E-state index contributed by atoms with van der Waals surface area (Å²) >= 11 is 0. The SMILES string of the molecule is C=CCOCCC(=O)N1CCCN1C(=O)c1ccccc1S(C)(=O)=O. The summed E-state index contributed by atoms with van der Waals surface area (Å²) in [6, 6.07) is 6.03. The summed E-state index contributed by atoms with van der Waals surface area (Å²) in [4.78, 5) is 25.1. The third kappa shape index (κ3) is 4.67. The molecule has 0 spiro atoms. The van der Waals surface area contributed by atoms with Gasteiger partial charge < -0.3 is 4.74 Å². The third-order valence-electron chi connectivity index (χ3n) is 3.77. The topological polar surface area (TPSA) is 84.0 Å².